The third-order valence-electron chi connectivity index (χ3n) is 12.2. The molecule has 22 heteroatoms. The van der Waals surface area contributed by atoms with Gasteiger partial charge in [-0.1, -0.05) is 17.7 Å². The number of benzene rings is 3. The molecular formula is C46H48Cs2F2N10O7S. The van der Waals surface area contributed by atoms with Crippen LogP contribution < -0.4 is 163 Å². The Bertz CT molecular complexity index is 2940. The second-order valence-corrected chi connectivity index (χ2v) is 18.0. The van der Waals surface area contributed by atoms with E-state index < -0.39 is 15.8 Å². The average Bonchev–Trinajstić information content (AvgIpc) is 3.89. The van der Waals surface area contributed by atoms with Crippen molar-refractivity contribution < 1.29 is 181 Å². The number of rotatable bonds is 7. The molecule has 4 aliphatic heterocycles. The number of morpholine rings is 2. The molecule has 7 aromatic rings. The second-order valence-electron chi connectivity index (χ2n) is 16.2. The van der Waals surface area contributed by atoms with E-state index >= 15 is 0 Å². The van der Waals surface area contributed by atoms with Gasteiger partial charge in [0.05, 0.1) is 36.8 Å². The van der Waals surface area contributed by atoms with Crippen LogP contribution >= 0.6 is 0 Å². The number of halogens is 2. The fourth-order valence-corrected chi connectivity index (χ4v) is 10.5. The number of fused-ring (bicyclic) bond motifs is 6. The summed E-state index contributed by atoms with van der Waals surface area (Å²) < 4.78 is 67.6. The number of carbonyl (C=O) groups excluding carboxylic acids is 1. The molecule has 11 rings (SSSR count). The van der Waals surface area contributed by atoms with Gasteiger partial charge in [-0.05, 0) is 79.7 Å². The van der Waals surface area contributed by atoms with E-state index in [1.54, 1.807) is 36.4 Å². The van der Waals surface area contributed by atoms with Crippen LogP contribution in [-0.2, 0) is 55.1 Å². The van der Waals surface area contributed by atoms with Gasteiger partial charge in [-0.2, -0.15) is 0 Å². The zero-order chi connectivity index (χ0) is 45.8. The van der Waals surface area contributed by atoms with E-state index in [9.17, 15) is 17.2 Å². The number of ether oxygens (including phenoxy) is 2. The molecule has 4 aliphatic rings. The number of H-pyrrole nitrogens is 1. The summed E-state index contributed by atoms with van der Waals surface area (Å²) in [6, 6.07) is 23.9. The first-order valence-electron chi connectivity index (χ1n) is 21.6. The minimum atomic E-state index is -3.86. The Hall–Kier alpha value is -2.64. The maximum absolute atomic E-state index is 14.3. The normalized spacial score (nSPS) is 15.7. The van der Waals surface area contributed by atoms with Crippen molar-refractivity contribution in [2.45, 2.75) is 37.8 Å². The zero-order valence-corrected chi connectivity index (χ0v) is 51.5. The molecule has 8 heterocycles. The first kappa shape index (κ1) is 53.2. The van der Waals surface area contributed by atoms with E-state index in [0.29, 0.717) is 61.7 Å². The number of nitrogens with zero attached hydrogens (tertiary/aromatic N) is 9. The van der Waals surface area contributed by atoms with E-state index in [0.717, 1.165) is 97.4 Å². The summed E-state index contributed by atoms with van der Waals surface area (Å²) >= 11 is 0. The van der Waals surface area contributed by atoms with Crippen molar-refractivity contribution in [1.29, 1.82) is 0 Å². The molecule has 1 N–H and O–H groups in total. The van der Waals surface area contributed by atoms with Gasteiger partial charge in [0.15, 0.2) is 23.3 Å². The Kier molecular flexibility index (Phi) is 18.9. The van der Waals surface area contributed by atoms with Crippen LogP contribution in [0.2, 0.25) is 0 Å². The second kappa shape index (κ2) is 24.2. The molecule has 2 fully saturated rings. The van der Waals surface area contributed by atoms with Gasteiger partial charge < -0.3 is 45.6 Å². The van der Waals surface area contributed by atoms with Crippen LogP contribution in [0.15, 0.2) is 89.8 Å². The molecule has 4 aromatic heterocycles. The predicted octanol–water partition coefficient (Wildman–Crippen LogP) is -1.43. The Labute approximate surface area is 511 Å². The van der Waals surface area contributed by atoms with Crippen LogP contribution in [0.4, 0.5) is 32.1 Å². The summed E-state index contributed by atoms with van der Waals surface area (Å²) in [5.41, 5.74) is 6.29. The Morgan fingerprint density at radius 1 is 0.662 bits per heavy atom. The van der Waals surface area contributed by atoms with Gasteiger partial charge in [0.2, 0.25) is 0 Å². The quantitative estimate of drug-likeness (QED) is 0.111. The molecule has 17 nitrogen and oxygen atoms in total. The number of aromatic amines is 1. The summed E-state index contributed by atoms with van der Waals surface area (Å²) in [6.45, 7) is 10.4. The summed E-state index contributed by atoms with van der Waals surface area (Å²) in [4.78, 5) is 23.5. The molecule has 2 saturated heterocycles. The van der Waals surface area contributed by atoms with E-state index in [-0.39, 0.29) is 156 Å². The van der Waals surface area contributed by atoms with E-state index in [1.807, 2.05) is 37.3 Å². The number of anilines is 4. The van der Waals surface area contributed by atoms with Gasteiger partial charge in [0, 0.05) is 104 Å². The van der Waals surface area contributed by atoms with E-state index in [2.05, 4.69) is 49.9 Å². The summed E-state index contributed by atoms with van der Waals surface area (Å²) in [5.74, 6) is 2.66. The maximum Gasteiger partial charge on any atom is 1.00 e. The molecular weight excluding hydrogens is 1140 g/mol. The number of carbonyl (C=O) groups is 1. The molecule has 0 atom stereocenters. The summed E-state index contributed by atoms with van der Waals surface area (Å²) in [5, 5.41) is 27.7. The fourth-order valence-electron chi connectivity index (χ4n) is 8.85. The average molecular weight is 1190 g/mol. The van der Waals surface area contributed by atoms with Crippen LogP contribution in [0, 0.1) is 18.6 Å². The van der Waals surface area contributed by atoms with Crippen LogP contribution in [0.25, 0.3) is 21.8 Å². The number of aryl methyl sites for hydroxylation is 1. The Morgan fingerprint density at radius 3 is 1.68 bits per heavy atom. The van der Waals surface area contributed by atoms with Crippen LogP contribution in [0.5, 0.6) is 0 Å². The largest absolute Gasteiger partial charge is 1.00 e. The molecule has 0 unspecified atom stereocenters. The molecule has 0 radical (unpaired) electrons. The topological polar surface area (TPSA) is 187 Å². The number of hydrogen-bond acceptors (Lipinski definition) is 15. The minimum Gasteiger partial charge on any atom is -1.00 e. The summed E-state index contributed by atoms with van der Waals surface area (Å²) in [7, 11) is -3.86. The molecule has 346 valence electrons. The van der Waals surface area contributed by atoms with Crippen molar-refractivity contribution in [1.82, 2.24) is 29.4 Å². The van der Waals surface area contributed by atoms with Crippen molar-refractivity contribution in [2.75, 3.05) is 85.3 Å². The van der Waals surface area contributed by atoms with Gasteiger partial charge in [0.25, 0.3) is 16.5 Å². The number of aromatic nitrogens is 6. The van der Waals surface area contributed by atoms with Crippen molar-refractivity contribution in [3.8, 4) is 0 Å². The van der Waals surface area contributed by atoms with Gasteiger partial charge in [0.1, 0.15) is 11.6 Å². The molecule has 0 bridgehead atoms. The van der Waals surface area contributed by atoms with Crippen molar-refractivity contribution in [2.24, 2.45) is 0 Å². The Morgan fingerprint density at radius 2 is 1.15 bits per heavy atom. The Balaban J connectivity index is 0.000000210. The van der Waals surface area contributed by atoms with Crippen LogP contribution in [0.3, 0.4) is 0 Å². The molecule has 0 spiro atoms. The van der Waals surface area contributed by atoms with E-state index in [1.165, 1.54) is 27.9 Å². The monoisotopic (exact) mass is 1190 g/mol. The minimum absolute atomic E-state index is 0. The third kappa shape index (κ3) is 11.8. The van der Waals surface area contributed by atoms with Crippen LogP contribution in [-0.4, -0.2) is 110 Å². The third-order valence-corrected chi connectivity index (χ3v) is 14.0. The van der Waals surface area contributed by atoms with Crippen molar-refractivity contribution >= 4 is 61.6 Å². The molecule has 68 heavy (non-hydrogen) atoms. The molecule has 0 saturated carbocycles. The maximum atomic E-state index is 14.3. The molecule has 0 aliphatic carbocycles. The standard InChI is InChI=1S/C26H26FN5O3S.C19H20FN5O.CH2O3.2Cs.H/c1-18-2-5-20(6-3-18)36(33,34)32-23-7-4-19(27)16-21(23)22-17-31(11-10-24(22)32)26-9-8-25(28-29-26)30-12-14-35-15-13-30;20-13-1-2-16-14(11-13)15-12-25(6-5-17(15)21-16)19-4-3-18(22-23-19)24-7-9-26-10-8-24;2-1-4-3;;;/h2-9,16H,10-15,17H2,1H3;1-4,11,21H,5-10,12H2;1,3H;;;/q;;;2*+1;-1/p-1. The first-order valence-corrected chi connectivity index (χ1v) is 23.0. The molecule has 0 amide bonds. The van der Waals surface area contributed by atoms with Gasteiger partial charge in [-0.15, -0.1) is 20.4 Å². The van der Waals surface area contributed by atoms with Gasteiger partial charge >= 0.3 is 138 Å². The summed E-state index contributed by atoms with van der Waals surface area (Å²) in [6.07, 6.45) is 1.36. The van der Waals surface area contributed by atoms with E-state index in [4.69, 9.17) is 19.5 Å². The number of hydrogen-bond donors (Lipinski definition) is 1. The van der Waals surface area contributed by atoms with Gasteiger partial charge in [-0.3, -0.25) is 4.79 Å². The molecule has 3 aromatic carbocycles. The fraction of sp³-hybridized carbons (Fsp3) is 0.326. The number of nitrogens with one attached hydrogen (secondary N) is 1. The SMILES string of the molecule is Cc1ccc(S(=O)(=O)n2c3c(c4cc(F)ccc42)CN(c2ccc(N4CCOCC4)nn2)CC3)cc1.Fc1ccc2[nH]c3c(c2c1)CN(c1ccc(N2CCOCC2)nn1)CC3.O=CO[O-].[Cs+].[Cs+].[H-]. The smallest absolute Gasteiger partial charge is 1.00 e. The van der Waals surface area contributed by atoms with Crippen LogP contribution in [0.1, 0.15) is 29.5 Å². The first-order chi connectivity index (χ1) is 32.1. The zero-order valence-electron chi connectivity index (χ0n) is 39.1. The predicted molar refractivity (Wildman–Crippen MR) is 242 cm³/mol. The van der Waals surface area contributed by atoms with Crippen molar-refractivity contribution in [3.05, 3.63) is 125 Å². The van der Waals surface area contributed by atoms with Gasteiger partial charge in [-0.25, -0.2) is 21.2 Å². The van der Waals surface area contributed by atoms with Crippen molar-refractivity contribution in [3.63, 3.8) is 0 Å².